The smallest absolute Gasteiger partial charge is 0.423 e. The summed E-state index contributed by atoms with van der Waals surface area (Å²) in [5.74, 6) is 0. The van der Waals surface area contributed by atoms with E-state index in [2.05, 4.69) is 104 Å². The Hall–Kier alpha value is -4.33. The van der Waals surface area contributed by atoms with E-state index in [1.54, 1.807) is 12.1 Å². The van der Waals surface area contributed by atoms with Gasteiger partial charge in [-0.25, -0.2) is 0 Å². The monoisotopic (exact) mass is 694 g/mol. The summed E-state index contributed by atoms with van der Waals surface area (Å²) in [6.07, 6.45) is 1.47. The number of halogens is 2. The van der Waals surface area contributed by atoms with E-state index in [0.29, 0.717) is 5.46 Å². The summed E-state index contributed by atoms with van der Waals surface area (Å²) in [6.45, 7) is 0. The lowest BCUT2D eigenvalue weighted by atomic mass is 9.80. The third-order valence-corrected chi connectivity index (χ3v) is 7.04. The van der Waals surface area contributed by atoms with Gasteiger partial charge in [-0.15, -0.1) is 11.6 Å². The molecule has 7 heteroatoms. The highest BCUT2D eigenvalue weighted by molar-refractivity contribution is 9.10. The molecular formula is C39H41BBrClN2O2. The van der Waals surface area contributed by atoms with Crippen molar-refractivity contribution in [2.45, 2.75) is 14.9 Å². The number of anilines is 6. The molecule has 0 aliphatic carbocycles. The van der Waals surface area contributed by atoms with Crippen molar-refractivity contribution in [2.24, 2.45) is 0 Å². The fourth-order valence-corrected chi connectivity index (χ4v) is 5.03. The van der Waals surface area contributed by atoms with Gasteiger partial charge in [-0.2, -0.15) is 0 Å². The van der Waals surface area contributed by atoms with E-state index in [-0.39, 0.29) is 14.9 Å². The van der Waals surface area contributed by atoms with Crippen molar-refractivity contribution < 1.29 is 10.0 Å². The van der Waals surface area contributed by atoms with Gasteiger partial charge in [0.2, 0.25) is 0 Å². The fraction of sp³-hybridized carbons (Fsp3) is 0.0769. The molecule has 0 atom stereocenters. The lowest BCUT2D eigenvalue weighted by molar-refractivity contribution is 0.426. The van der Waals surface area contributed by atoms with Gasteiger partial charge in [0.15, 0.2) is 0 Å². The van der Waals surface area contributed by atoms with Crippen LogP contribution in [-0.4, -0.2) is 23.5 Å². The number of rotatable bonds is 7. The highest BCUT2D eigenvalue weighted by Crippen LogP contribution is 2.35. The van der Waals surface area contributed by atoms with Crippen molar-refractivity contribution in [3.8, 4) is 0 Å². The van der Waals surface area contributed by atoms with Crippen LogP contribution in [0, 0.1) is 0 Å². The Morgan fingerprint density at radius 2 is 0.739 bits per heavy atom. The van der Waals surface area contributed by atoms with Gasteiger partial charge < -0.3 is 19.8 Å². The first-order valence-corrected chi connectivity index (χ1v) is 15.5. The second-order valence-electron chi connectivity index (χ2n) is 9.46. The van der Waals surface area contributed by atoms with Gasteiger partial charge in [-0.1, -0.05) is 122 Å². The number of para-hydroxylation sites is 4. The quantitative estimate of drug-likeness (QED) is 0.129. The van der Waals surface area contributed by atoms with Crippen LogP contribution in [0.4, 0.5) is 34.1 Å². The van der Waals surface area contributed by atoms with Crippen molar-refractivity contribution in [3.05, 3.63) is 174 Å². The van der Waals surface area contributed by atoms with Crippen LogP contribution in [0.3, 0.4) is 0 Å². The average molecular weight is 696 g/mol. The standard InChI is InChI=1S/C18H16BNO2.C18H14BrN.CH3Cl.2CH4/c21-19(22)15-8-7-13-18(14-15)20(16-9-3-1-4-10-16)17-11-5-2-6-12-17;19-15-8-7-13-18(14-15)20(16-9-3-1-4-10-16)17-11-5-2-6-12-17;1-2;;/h1-14,21-22H;1-14H;1H3;2*1H4. The van der Waals surface area contributed by atoms with Crippen LogP contribution in [0.15, 0.2) is 174 Å². The molecular weight excluding hydrogens is 655 g/mol. The largest absolute Gasteiger partial charge is 0.488 e. The summed E-state index contributed by atoms with van der Waals surface area (Å²) >= 11 is 8.19. The van der Waals surface area contributed by atoms with Gasteiger partial charge in [0.1, 0.15) is 0 Å². The lowest BCUT2D eigenvalue weighted by Crippen LogP contribution is -2.30. The zero-order valence-electron chi connectivity index (χ0n) is 24.3. The molecule has 6 aromatic rings. The Morgan fingerprint density at radius 3 is 1.07 bits per heavy atom. The molecule has 0 aliphatic heterocycles. The second kappa shape index (κ2) is 19.9. The molecule has 0 aromatic heterocycles. The van der Waals surface area contributed by atoms with Gasteiger partial charge in [0, 0.05) is 45.0 Å². The number of alkyl halides is 1. The Labute approximate surface area is 288 Å². The Bertz CT molecular complexity index is 1600. The van der Waals surface area contributed by atoms with Gasteiger partial charge in [-0.3, -0.25) is 0 Å². The van der Waals surface area contributed by atoms with Crippen molar-refractivity contribution >= 4 is 74.2 Å². The predicted octanol–water partition coefficient (Wildman–Crippen LogP) is 10.9. The number of benzene rings is 6. The SMILES string of the molecule is Brc1cccc(N(c2ccccc2)c2ccccc2)c1.C.C.CCl.OB(O)c1cccc(N(c2ccccc2)c2ccccc2)c1. The van der Waals surface area contributed by atoms with Crippen LogP contribution in [0.2, 0.25) is 0 Å². The topological polar surface area (TPSA) is 46.9 Å². The number of hydrogen-bond acceptors (Lipinski definition) is 4. The number of nitrogens with zero attached hydrogens (tertiary/aromatic N) is 2. The minimum Gasteiger partial charge on any atom is -0.423 e. The van der Waals surface area contributed by atoms with Crippen LogP contribution in [0.5, 0.6) is 0 Å². The Kier molecular flexibility index (Phi) is 16.4. The highest BCUT2D eigenvalue weighted by Gasteiger charge is 2.16. The van der Waals surface area contributed by atoms with Crippen molar-refractivity contribution in [2.75, 3.05) is 16.2 Å². The van der Waals surface area contributed by atoms with Crippen LogP contribution in [-0.2, 0) is 0 Å². The van der Waals surface area contributed by atoms with Crippen molar-refractivity contribution in [1.82, 2.24) is 0 Å². The second-order valence-corrected chi connectivity index (χ2v) is 10.4. The van der Waals surface area contributed by atoms with E-state index < -0.39 is 7.12 Å². The van der Waals surface area contributed by atoms with Gasteiger partial charge in [-0.05, 0) is 84.3 Å². The molecule has 46 heavy (non-hydrogen) atoms. The normalized spacial score (nSPS) is 9.50. The third kappa shape index (κ3) is 10.4. The van der Waals surface area contributed by atoms with E-state index in [9.17, 15) is 10.0 Å². The molecule has 0 heterocycles. The van der Waals surface area contributed by atoms with E-state index in [1.807, 2.05) is 91.0 Å². The van der Waals surface area contributed by atoms with E-state index in [4.69, 9.17) is 0 Å². The number of hydrogen-bond donors (Lipinski definition) is 2. The maximum atomic E-state index is 9.41. The molecule has 0 aliphatic rings. The van der Waals surface area contributed by atoms with E-state index in [1.165, 1.54) is 6.38 Å². The zero-order chi connectivity index (χ0) is 31.1. The maximum Gasteiger partial charge on any atom is 0.488 e. The summed E-state index contributed by atoms with van der Waals surface area (Å²) in [4.78, 5) is 4.32. The van der Waals surface area contributed by atoms with Crippen LogP contribution < -0.4 is 15.3 Å². The van der Waals surface area contributed by atoms with Crippen molar-refractivity contribution in [3.63, 3.8) is 0 Å². The molecule has 0 bridgehead atoms. The molecule has 0 saturated heterocycles. The zero-order valence-corrected chi connectivity index (χ0v) is 26.6. The average Bonchev–Trinajstić information content (AvgIpc) is 3.08. The maximum absolute atomic E-state index is 9.41. The molecule has 0 radical (unpaired) electrons. The van der Waals surface area contributed by atoms with E-state index >= 15 is 0 Å². The molecule has 6 rings (SSSR count). The summed E-state index contributed by atoms with van der Waals surface area (Å²) < 4.78 is 1.08. The third-order valence-electron chi connectivity index (χ3n) is 6.55. The molecule has 6 aromatic carbocycles. The Balaban J connectivity index is 0.000000293. The Morgan fingerprint density at radius 1 is 0.435 bits per heavy atom. The van der Waals surface area contributed by atoms with Crippen LogP contribution >= 0.6 is 27.5 Å². The first-order chi connectivity index (χ1) is 21.6. The molecule has 0 fully saturated rings. The molecule has 0 unspecified atom stereocenters. The summed E-state index contributed by atoms with van der Waals surface area (Å²) in [7, 11) is -1.48. The minimum absolute atomic E-state index is 0. The molecule has 2 N–H and O–H groups in total. The van der Waals surface area contributed by atoms with E-state index in [0.717, 1.165) is 38.6 Å². The summed E-state index contributed by atoms with van der Waals surface area (Å²) in [6, 6.07) is 56.3. The predicted molar refractivity (Wildman–Crippen MR) is 205 cm³/mol. The summed E-state index contributed by atoms with van der Waals surface area (Å²) in [5.41, 5.74) is 6.80. The molecule has 0 amide bonds. The first-order valence-electron chi connectivity index (χ1n) is 14.0. The van der Waals surface area contributed by atoms with Crippen LogP contribution in [0.1, 0.15) is 14.9 Å². The highest BCUT2D eigenvalue weighted by atomic mass is 79.9. The van der Waals surface area contributed by atoms with Crippen LogP contribution in [0.25, 0.3) is 0 Å². The molecule has 0 spiro atoms. The molecule has 0 saturated carbocycles. The van der Waals surface area contributed by atoms with Crippen molar-refractivity contribution in [1.29, 1.82) is 0 Å². The van der Waals surface area contributed by atoms with Gasteiger partial charge in [0.05, 0.1) is 0 Å². The minimum atomic E-state index is -1.48. The molecule has 236 valence electrons. The fourth-order valence-electron chi connectivity index (χ4n) is 4.64. The first kappa shape index (κ1) is 37.9. The van der Waals surface area contributed by atoms with Gasteiger partial charge >= 0.3 is 7.12 Å². The van der Waals surface area contributed by atoms with Gasteiger partial charge in [0.25, 0.3) is 0 Å². The molecule has 4 nitrogen and oxygen atoms in total. The summed E-state index contributed by atoms with van der Waals surface area (Å²) in [5, 5.41) is 18.8. The lowest BCUT2D eigenvalue weighted by Gasteiger charge is -2.25.